The van der Waals surface area contributed by atoms with Gasteiger partial charge in [-0.25, -0.2) is 8.42 Å². The Labute approximate surface area is 140 Å². The van der Waals surface area contributed by atoms with Gasteiger partial charge < -0.3 is 0 Å². The molecule has 5 nitrogen and oxygen atoms in total. The van der Waals surface area contributed by atoms with Crippen LogP contribution in [0.25, 0.3) is 0 Å². The highest BCUT2D eigenvalue weighted by Gasteiger charge is 2.22. The summed E-state index contributed by atoms with van der Waals surface area (Å²) in [5, 5.41) is 4.78. The van der Waals surface area contributed by atoms with Gasteiger partial charge in [-0.2, -0.15) is 5.10 Å². The average Bonchev–Trinajstić information content (AvgIpc) is 2.74. The van der Waals surface area contributed by atoms with E-state index in [0.29, 0.717) is 22.0 Å². The number of hydrogen-bond acceptors (Lipinski definition) is 3. The molecule has 0 radical (unpaired) electrons. The summed E-state index contributed by atoms with van der Waals surface area (Å²) in [6, 6.07) is 2.89. The first-order valence-electron chi connectivity index (χ1n) is 6.64. The molecule has 0 spiro atoms. The fraction of sp³-hybridized carbons (Fsp3) is 0.357. The standard InChI is InChI=1S/C14H17Cl2N3O2S/c1-8(2)14-12(7-19(4)17-14)18-22(20,21)13-5-9(3)10(15)6-11(13)16/h5-8,18H,1-4H3. The largest absolute Gasteiger partial charge is 0.276 e. The van der Waals surface area contributed by atoms with Crippen LogP contribution in [0, 0.1) is 6.92 Å². The Morgan fingerprint density at radius 2 is 1.86 bits per heavy atom. The lowest BCUT2D eigenvalue weighted by Crippen LogP contribution is -2.14. The molecule has 1 N–H and O–H groups in total. The summed E-state index contributed by atoms with van der Waals surface area (Å²) in [5.41, 5.74) is 1.76. The highest BCUT2D eigenvalue weighted by Crippen LogP contribution is 2.31. The molecule has 1 aromatic heterocycles. The molecule has 120 valence electrons. The monoisotopic (exact) mass is 361 g/mol. The number of nitrogens with zero attached hydrogens (tertiary/aromatic N) is 2. The van der Waals surface area contributed by atoms with Crippen molar-refractivity contribution in [3.05, 3.63) is 39.6 Å². The van der Waals surface area contributed by atoms with Gasteiger partial charge in [0.1, 0.15) is 4.90 Å². The van der Waals surface area contributed by atoms with Crippen molar-refractivity contribution in [2.45, 2.75) is 31.6 Å². The molecule has 0 aliphatic rings. The number of halogens is 2. The zero-order valence-corrected chi connectivity index (χ0v) is 15.0. The summed E-state index contributed by atoms with van der Waals surface area (Å²) in [4.78, 5) is -0.00498. The molecule has 1 heterocycles. The lowest BCUT2D eigenvalue weighted by Gasteiger charge is -2.12. The van der Waals surface area contributed by atoms with Gasteiger partial charge in [0, 0.05) is 18.3 Å². The first kappa shape index (κ1) is 17.1. The fourth-order valence-electron chi connectivity index (χ4n) is 2.05. The van der Waals surface area contributed by atoms with Crippen LogP contribution in [0.2, 0.25) is 10.0 Å². The van der Waals surface area contributed by atoms with E-state index in [4.69, 9.17) is 23.2 Å². The van der Waals surface area contributed by atoms with Crippen LogP contribution in [0.4, 0.5) is 5.69 Å². The summed E-state index contributed by atoms with van der Waals surface area (Å²) in [6.07, 6.45) is 1.63. The average molecular weight is 362 g/mol. The minimum atomic E-state index is -3.82. The van der Waals surface area contributed by atoms with Gasteiger partial charge in [-0.05, 0) is 30.5 Å². The maximum Gasteiger partial charge on any atom is 0.263 e. The summed E-state index contributed by atoms with van der Waals surface area (Å²) < 4.78 is 29.3. The minimum Gasteiger partial charge on any atom is -0.276 e. The van der Waals surface area contributed by atoms with Gasteiger partial charge in [-0.1, -0.05) is 37.0 Å². The van der Waals surface area contributed by atoms with E-state index in [0.717, 1.165) is 0 Å². The molecule has 0 fully saturated rings. The van der Waals surface area contributed by atoms with Crippen LogP contribution in [0.15, 0.2) is 23.2 Å². The van der Waals surface area contributed by atoms with E-state index in [2.05, 4.69) is 9.82 Å². The summed E-state index contributed by atoms with van der Waals surface area (Å²) in [7, 11) is -2.08. The molecule has 0 unspecified atom stereocenters. The molecule has 0 saturated heterocycles. The number of nitrogens with one attached hydrogen (secondary N) is 1. The third-order valence-electron chi connectivity index (χ3n) is 3.15. The van der Waals surface area contributed by atoms with Crippen molar-refractivity contribution >= 4 is 38.9 Å². The number of benzene rings is 1. The van der Waals surface area contributed by atoms with E-state index in [1.54, 1.807) is 24.9 Å². The molecule has 0 saturated carbocycles. The quantitative estimate of drug-likeness (QED) is 0.895. The highest BCUT2D eigenvalue weighted by molar-refractivity contribution is 7.92. The van der Waals surface area contributed by atoms with E-state index in [1.807, 2.05) is 13.8 Å². The van der Waals surface area contributed by atoms with Crippen molar-refractivity contribution in [3.8, 4) is 0 Å². The van der Waals surface area contributed by atoms with Crippen molar-refractivity contribution in [2.24, 2.45) is 7.05 Å². The maximum absolute atomic E-state index is 12.6. The Kier molecular flexibility index (Phi) is 4.75. The SMILES string of the molecule is Cc1cc(S(=O)(=O)Nc2cn(C)nc2C(C)C)c(Cl)cc1Cl. The van der Waals surface area contributed by atoms with Gasteiger partial charge in [-0.15, -0.1) is 0 Å². The smallest absolute Gasteiger partial charge is 0.263 e. The first-order chi connectivity index (χ1) is 10.1. The maximum atomic E-state index is 12.6. The molecule has 2 rings (SSSR count). The van der Waals surface area contributed by atoms with Crippen molar-refractivity contribution < 1.29 is 8.42 Å². The molecule has 22 heavy (non-hydrogen) atoms. The molecule has 2 aromatic rings. The van der Waals surface area contributed by atoms with Crippen LogP contribution in [0.5, 0.6) is 0 Å². The van der Waals surface area contributed by atoms with Crippen molar-refractivity contribution in [1.82, 2.24) is 9.78 Å². The van der Waals surface area contributed by atoms with E-state index < -0.39 is 10.0 Å². The van der Waals surface area contributed by atoms with Crippen LogP contribution >= 0.6 is 23.2 Å². The second-order valence-electron chi connectivity index (χ2n) is 5.39. The number of anilines is 1. The number of aromatic nitrogens is 2. The number of aryl methyl sites for hydroxylation is 2. The van der Waals surface area contributed by atoms with Crippen LogP contribution < -0.4 is 4.72 Å². The molecule has 8 heteroatoms. The van der Waals surface area contributed by atoms with Crippen LogP contribution in [-0.2, 0) is 17.1 Å². The summed E-state index contributed by atoms with van der Waals surface area (Å²) >= 11 is 12.0. The van der Waals surface area contributed by atoms with Crippen molar-refractivity contribution in [1.29, 1.82) is 0 Å². The lowest BCUT2D eigenvalue weighted by molar-refractivity contribution is 0.601. The van der Waals surface area contributed by atoms with Gasteiger partial charge in [0.2, 0.25) is 0 Å². The molecule has 1 aromatic carbocycles. The Balaban J connectivity index is 2.47. The fourth-order valence-corrected chi connectivity index (χ4v) is 3.94. The molecular weight excluding hydrogens is 345 g/mol. The topological polar surface area (TPSA) is 64.0 Å². The third-order valence-corrected chi connectivity index (χ3v) is 5.39. The van der Waals surface area contributed by atoms with E-state index >= 15 is 0 Å². The molecule has 0 bridgehead atoms. The Bertz CT molecular complexity index is 814. The number of rotatable bonds is 4. The first-order valence-corrected chi connectivity index (χ1v) is 8.87. The second-order valence-corrected chi connectivity index (χ2v) is 7.86. The predicted octanol–water partition coefficient (Wildman–Crippen LogP) is 3.96. The highest BCUT2D eigenvalue weighted by atomic mass is 35.5. The third kappa shape index (κ3) is 3.39. The van der Waals surface area contributed by atoms with Crippen LogP contribution in [-0.4, -0.2) is 18.2 Å². The zero-order chi connectivity index (χ0) is 16.7. The Hall–Kier alpha value is -1.24. The summed E-state index contributed by atoms with van der Waals surface area (Å²) in [6.45, 7) is 5.61. The second kappa shape index (κ2) is 6.10. The minimum absolute atomic E-state index is 0.00498. The normalized spacial score (nSPS) is 12.0. The van der Waals surface area contributed by atoms with Gasteiger partial charge in [0.25, 0.3) is 10.0 Å². The molecule has 0 atom stereocenters. The van der Waals surface area contributed by atoms with E-state index in [-0.39, 0.29) is 15.8 Å². The lowest BCUT2D eigenvalue weighted by atomic mass is 10.1. The van der Waals surface area contributed by atoms with E-state index in [1.165, 1.54) is 12.1 Å². The molecule has 0 aliphatic carbocycles. The van der Waals surface area contributed by atoms with Gasteiger partial charge in [-0.3, -0.25) is 9.40 Å². The van der Waals surface area contributed by atoms with Crippen molar-refractivity contribution in [3.63, 3.8) is 0 Å². The number of hydrogen-bond donors (Lipinski definition) is 1. The van der Waals surface area contributed by atoms with E-state index in [9.17, 15) is 8.42 Å². The van der Waals surface area contributed by atoms with Crippen molar-refractivity contribution in [2.75, 3.05) is 4.72 Å². The Morgan fingerprint density at radius 1 is 1.23 bits per heavy atom. The van der Waals surface area contributed by atoms with Crippen LogP contribution in [0.3, 0.4) is 0 Å². The van der Waals surface area contributed by atoms with Gasteiger partial charge in [0.05, 0.1) is 16.4 Å². The summed E-state index contributed by atoms with van der Waals surface area (Å²) in [5.74, 6) is 0.0846. The zero-order valence-electron chi connectivity index (χ0n) is 12.7. The number of sulfonamides is 1. The van der Waals surface area contributed by atoms with Crippen LogP contribution in [0.1, 0.15) is 31.0 Å². The molecule has 0 aliphatic heterocycles. The Morgan fingerprint density at radius 3 is 2.45 bits per heavy atom. The van der Waals surface area contributed by atoms with Gasteiger partial charge >= 0.3 is 0 Å². The molecular formula is C14H17Cl2N3O2S. The molecule has 0 amide bonds. The predicted molar refractivity (Wildman–Crippen MR) is 89.3 cm³/mol. The van der Waals surface area contributed by atoms with Gasteiger partial charge in [0.15, 0.2) is 0 Å².